The highest BCUT2D eigenvalue weighted by atomic mass is 31.2. The molecule has 5 N–H and O–H groups in total. The van der Waals surface area contributed by atoms with Crippen molar-refractivity contribution in [2.24, 2.45) is 23.7 Å². The molecule has 6 rings (SSSR count). The zero-order chi connectivity index (χ0) is 60.5. The summed E-state index contributed by atoms with van der Waals surface area (Å²) in [5, 5.41) is 65.4. The summed E-state index contributed by atoms with van der Waals surface area (Å²) in [6, 6.07) is 29.7. The molecule has 3 aromatic rings. The Morgan fingerprint density at radius 2 is 1.37 bits per heavy atom. The molecule has 0 spiro atoms. The first-order valence-electron chi connectivity index (χ1n) is 30.5. The summed E-state index contributed by atoms with van der Waals surface area (Å²) in [4.78, 5) is 35.6. The Labute approximate surface area is 492 Å². The molecule has 3 saturated heterocycles. The number of ether oxygens (including phenoxy) is 5. The first-order chi connectivity index (χ1) is 38.6. The highest BCUT2D eigenvalue weighted by Gasteiger charge is 2.55. The van der Waals surface area contributed by atoms with Crippen LogP contribution in [0, 0.1) is 23.7 Å². The van der Waals surface area contributed by atoms with Crippen molar-refractivity contribution in [1.82, 2.24) is 14.7 Å². The molecular formula is C66H105N3O12P+. The zero-order valence-electron chi connectivity index (χ0n) is 52.3. The van der Waals surface area contributed by atoms with Crippen molar-refractivity contribution < 1.29 is 58.8 Å². The van der Waals surface area contributed by atoms with Crippen LogP contribution < -0.4 is 15.9 Å². The molecule has 0 saturated carbocycles. The third kappa shape index (κ3) is 15.6. The number of esters is 1. The molecule has 15 nitrogen and oxygen atoms in total. The van der Waals surface area contributed by atoms with E-state index >= 15 is 0 Å². The minimum absolute atomic E-state index is 0.0930. The van der Waals surface area contributed by atoms with Crippen LogP contribution in [0.2, 0.25) is 0 Å². The van der Waals surface area contributed by atoms with Crippen LogP contribution in [-0.4, -0.2) is 184 Å². The van der Waals surface area contributed by atoms with Gasteiger partial charge in [0.1, 0.15) is 53.2 Å². The smallest absolute Gasteiger partial charge is 0.309 e. The second-order valence-electron chi connectivity index (χ2n) is 25.9. The van der Waals surface area contributed by atoms with E-state index in [0.717, 1.165) is 38.4 Å². The molecule has 3 aromatic carbocycles. The molecule has 1 unspecified atom stereocenters. The lowest BCUT2D eigenvalue weighted by molar-refractivity contribution is -0.302. The summed E-state index contributed by atoms with van der Waals surface area (Å²) >= 11 is 0. The Kier molecular flexibility index (Phi) is 24.2. The van der Waals surface area contributed by atoms with Crippen molar-refractivity contribution >= 4 is 35.1 Å². The second-order valence-corrected chi connectivity index (χ2v) is 29.5. The number of carbonyl (C=O) groups excluding carboxylic acids is 2. The summed E-state index contributed by atoms with van der Waals surface area (Å²) in [7, 11) is 7.47. The van der Waals surface area contributed by atoms with Gasteiger partial charge in [0.05, 0.1) is 53.7 Å². The van der Waals surface area contributed by atoms with Gasteiger partial charge in [0.25, 0.3) is 0 Å². The number of amides is 1. The third-order valence-corrected chi connectivity index (χ3v) is 23.4. The van der Waals surface area contributed by atoms with Gasteiger partial charge in [-0.1, -0.05) is 95.1 Å². The number of aliphatic hydroxyl groups is 5. The molecule has 460 valence electrons. The number of unbranched alkanes of at least 4 members (excludes halogenated alkanes) is 4. The van der Waals surface area contributed by atoms with Gasteiger partial charge < -0.3 is 63.9 Å². The van der Waals surface area contributed by atoms with E-state index in [0.29, 0.717) is 12.8 Å². The minimum atomic E-state index is -2.09. The molecule has 0 bridgehead atoms. The van der Waals surface area contributed by atoms with Crippen LogP contribution >= 0.6 is 7.26 Å². The maximum atomic E-state index is 14.9. The molecule has 3 heterocycles. The minimum Gasteiger partial charge on any atom is -0.459 e. The van der Waals surface area contributed by atoms with Crippen molar-refractivity contribution in [3.63, 3.8) is 0 Å². The topological polar surface area (TPSA) is 191 Å². The van der Waals surface area contributed by atoms with E-state index in [1.54, 1.807) is 39.5 Å². The van der Waals surface area contributed by atoms with Crippen LogP contribution in [0.5, 0.6) is 0 Å². The van der Waals surface area contributed by atoms with E-state index in [1.807, 2.05) is 46.7 Å². The maximum Gasteiger partial charge on any atom is 0.309 e. The van der Waals surface area contributed by atoms with E-state index < -0.39 is 109 Å². The van der Waals surface area contributed by atoms with Gasteiger partial charge in [-0.25, -0.2) is 0 Å². The quantitative estimate of drug-likeness (QED) is 0.0452. The lowest BCUT2D eigenvalue weighted by Gasteiger charge is -2.51. The Hall–Kier alpha value is -3.41. The lowest BCUT2D eigenvalue weighted by atomic mass is 9.68. The van der Waals surface area contributed by atoms with Gasteiger partial charge in [0.15, 0.2) is 6.29 Å². The monoisotopic (exact) mass is 1160 g/mol. The lowest BCUT2D eigenvalue weighted by Crippen LogP contribution is -2.61. The van der Waals surface area contributed by atoms with Gasteiger partial charge in [-0.15, -0.1) is 0 Å². The van der Waals surface area contributed by atoms with Gasteiger partial charge >= 0.3 is 5.97 Å². The average Bonchev–Trinajstić information content (AvgIpc) is 3.59. The van der Waals surface area contributed by atoms with Crippen molar-refractivity contribution in [3.8, 4) is 0 Å². The maximum absolute atomic E-state index is 14.9. The van der Waals surface area contributed by atoms with Crippen molar-refractivity contribution in [3.05, 3.63) is 90.5 Å². The summed E-state index contributed by atoms with van der Waals surface area (Å²) < 4.78 is 32.3. The Morgan fingerprint density at radius 3 is 1.95 bits per heavy atom. The number of carbonyl (C=O) groups is 2. The SMILES string of the molecule is CC[C@H]1OC(=O)[C@H](C)[C@@H](C2C[C@@](C)(OC)[C@@H](O)[C@H](C)O2)[C@H](C)[C@@H](O[C@@H]2O[C@H](C)C[C@H](N(C)C)[C@H]2O)[C@](C)(O)C[C@@H](C)CN(C(=O)CCCCCCC[P+](c2ccccc2)(c2ccccc2)c2ccccc2CN(C)C)[C@H](C)[C@@H](O)[C@]1(C)O. The number of benzene rings is 3. The predicted octanol–water partition coefficient (Wildman–Crippen LogP) is 7.47. The highest BCUT2D eigenvalue weighted by Crippen LogP contribution is 2.57. The first kappa shape index (κ1) is 67.7. The van der Waals surface area contributed by atoms with E-state index in [4.69, 9.17) is 23.7 Å². The number of likely N-dealkylation sites (N-methyl/N-ethyl adjacent to an activating group) is 1. The number of methoxy groups -OCH3 is 1. The number of aliphatic hydroxyl groups excluding tert-OH is 3. The molecule has 3 aliphatic heterocycles. The van der Waals surface area contributed by atoms with E-state index in [-0.39, 0.29) is 50.3 Å². The molecule has 1 amide bonds. The predicted molar refractivity (Wildman–Crippen MR) is 327 cm³/mol. The standard InChI is InChI=1S/C66H105N3O12P/c1-16-55-66(10,76)59(72)47(6)69(56(70)36-26-18-17-19-29-37-82(50-31-22-20-23-32-50,51-33-24-21-25-34-51)54-35-28-27-30-49(54)42-67(11)12)41-43(2)39-64(8,75)61(81-63-58(71)52(68(13)14)38-44(3)78-63)45(4)57(46(5)62(74)80-55)53-40-65(9,77-15)60(73)48(7)79-53/h20-25,27-28,30-35,43-48,52-53,55,57-61,63,71-73,75-76H,16-19,26,29,36-42H2,1-15H3/q+1/t43-,44-,45+,46-,47-,48+,52+,53?,55-,57+,58-,59-,60+,61-,63+,64-,65-,66-/m1/s1. The summed E-state index contributed by atoms with van der Waals surface area (Å²) in [6.07, 6.45) is -2.34. The van der Waals surface area contributed by atoms with Crippen LogP contribution in [0.4, 0.5) is 0 Å². The fraction of sp³-hybridized carbons (Fsp3) is 0.697. The number of cyclic esters (lactones) is 1. The summed E-state index contributed by atoms with van der Waals surface area (Å²) in [5.74, 6) is -3.70. The second kappa shape index (κ2) is 29.3. The molecule has 16 heteroatoms. The first-order valence-corrected chi connectivity index (χ1v) is 32.5. The fourth-order valence-electron chi connectivity index (χ4n) is 14.2. The van der Waals surface area contributed by atoms with Crippen molar-refractivity contribution in [1.29, 1.82) is 0 Å². The average molecular weight is 1160 g/mol. The third-order valence-electron chi connectivity index (χ3n) is 18.8. The molecule has 0 aliphatic carbocycles. The van der Waals surface area contributed by atoms with Gasteiger partial charge in [0, 0.05) is 50.6 Å². The van der Waals surface area contributed by atoms with Crippen molar-refractivity contribution in [2.75, 3.05) is 48.0 Å². The summed E-state index contributed by atoms with van der Waals surface area (Å²) in [6.45, 7) is 18.7. The molecule has 3 aliphatic rings. The van der Waals surface area contributed by atoms with Crippen LogP contribution in [0.25, 0.3) is 0 Å². The van der Waals surface area contributed by atoms with Crippen LogP contribution in [0.3, 0.4) is 0 Å². The Bertz CT molecular complexity index is 2410. The number of rotatable bonds is 19. The van der Waals surface area contributed by atoms with Crippen LogP contribution in [-0.2, 0) is 39.8 Å². The molecule has 82 heavy (non-hydrogen) atoms. The zero-order valence-corrected chi connectivity index (χ0v) is 53.2. The molecule has 0 aromatic heterocycles. The van der Waals surface area contributed by atoms with Gasteiger partial charge in [-0.05, 0) is 150 Å². The van der Waals surface area contributed by atoms with E-state index in [9.17, 15) is 35.1 Å². The van der Waals surface area contributed by atoms with Gasteiger partial charge in [-0.2, -0.15) is 0 Å². The van der Waals surface area contributed by atoms with Gasteiger partial charge in [-0.3, -0.25) is 9.59 Å². The van der Waals surface area contributed by atoms with E-state index in [2.05, 4.69) is 104 Å². The molecule has 0 radical (unpaired) electrons. The Morgan fingerprint density at radius 1 is 0.780 bits per heavy atom. The number of hydrogen-bond donors (Lipinski definition) is 5. The Balaban J connectivity index is 1.28. The number of hydrogen-bond acceptors (Lipinski definition) is 14. The van der Waals surface area contributed by atoms with Crippen molar-refractivity contribution in [2.45, 2.75) is 224 Å². The molecule has 18 atom stereocenters. The van der Waals surface area contributed by atoms with E-state index in [1.165, 1.54) is 35.5 Å². The van der Waals surface area contributed by atoms with Crippen LogP contribution in [0.1, 0.15) is 139 Å². The largest absolute Gasteiger partial charge is 0.459 e. The summed E-state index contributed by atoms with van der Waals surface area (Å²) in [5.41, 5.74) is -3.43. The molecule has 3 fully saturated rings. The number of nitrogens with zero attached hydrogens (tertiary/aromatic N) is 3. The molecular weight excluding hydrogens is 1060 g/mol. The highest BCUT2D eigenvalue weighted by molar-refractivity contribution is 7.95. The van der Waals surface area contributed by atoms with Crippen LogP contribution in [0.15, 0.2) is 84.9 Å². The van der Waals surface area contributed by atoms with Gasteiger partial charge in [0.2, 0.25) is 5.91 Å². The normalized spacial score (nSPS) is 35.7. The fourth-order valence-corrected chi connectivity index (χ4v) is 18.9.